The smallest absolute Gasteiger partial charge is 0.356 e. The van der Waals surface area contributed by atoms with Gasteiger partial charge in [0.1, 0.15) is 29.6 Å². The topological polar surface area (TPSA) is 107 Å². The van der Waals surface area contributed by atoms with Gasteiger partial charge in [0.25, 0.3) is 0 Å². The van der Waals surface area contributed by atoms with Crippen LogP contribution in [0.4, 0.5) is 0 Å². The lowest BCUT2D eigenvalue weighted by Gasteiger charge is -2.11. The Kier molecular flexibility index (Phi) is 7.67. The van der Waals surface area contributed by atoms with Gasteiger partial charge in [-0.1, -0.05) is 46.6 Å². The summed E-state index contributed by atoms with van der Waals surface area (Å²) in [4.78, 5) is 18.4. The highest BCUT2D eigenvalue weighted by Crippen LogP contribution is 2.46. The molecule has 3 aromatic carbocycles. The number of hydrogen-bond donors (Lipinski definition) is 1. The van der Waals surface area contributed by atoms with Crippen LogP contribution in [0.5, 0.6) is 11.5 Å². The summed E-state index contributed by atoms with van der Waals surface area (Å²) in [5.41, 5.74) is 1.80. The first-order valence-corrected chi connectivity index (χ1v) is 12.8. The second-order valence-corrected chi connectivity index (χ2v) is 9.75. The average molecular weight is 564 g/mol. The molecule has 10 heteroatoms. The number of carboxylic acids is 1. The molecule has 1 heterocycles. The molecule has 1 fully saturated rings. The van der Waals surface area contributed by atoms with Gasteiger partial charge in [0.15, 0.2) is 11.6 Å². The number of halogens is 2. The van der Waals surface area contributed by atoms with Gasteiger partial charge in [-0.05, 0) is 66.7 Å². The lowest BCUT2D eigenvalue weighted by atomic mass is 10.0. The standard InChI is InChI=1S/C29H23Cl2N3O5/c1-16(33-14-25(32-2)29(35)36)38-21-11-9-18-12-20(10-8-19(18)13-21)37-15-22-27(34-39-28(22)17-6-7-17)26-23(30)4-3-5-24(26)31/h3-5,8-14,17H,2,6-7,15H2,1H3,(H,35,36)/b25-14-,33-16+. The van der Waals surface area contributed by atoms with E-state index in [4.69, 9.17) is 42.3 Å². The Morgan fingerprint density at radius 1 is 1.13 bits per heavy atom. The van der Waals surface area contributed by atoms with Crippen molar-refractivity contribution >= 4 is 52.6 Å². The van der Waals surface area contributed by atoms with Crippen LogP contribution in [0, 0.1) is 0 Å². The molecule has 1 aliphatic rings. The quantitative estimate of drug-likeness (QED) is 0.127. The number of benzene rings is 3. The third kappa shape index (κ3) is 5.97. The summed E-state index contributed by atoms with van der Waals surface area (Å²) in [7, 11) is 0. The van der Waals surface area contributed by atoms with Crippen LogP contribution in [0.15, 0.2) is 81.0 Å². The van der Waals surface area contributed by atoms with E-state index >= 15 is 0 Å². The molecule has 4 aromatic rings. The first kappa shape index (κ1) is 26.5. The van der Waals surface area contributed by atoms with Crippen LogP contribution in [0.1, 0.15) is 37.0 Å². The summed E-state index contributed by atoms with van der Waals surface area (Å²) in [6.45, 7) is 5.08. The summed E-state index contributed by atoms with van der Waals surface area (Å²) in [6, 6.07) is 16.6. The van der Waals surface area contributed by atoms with E-state index in [1.807, 2.05) is 30.3 Å². The molecule has 1 saturated carbocycles. The molecule has 5 rings (SSSR count). The van der Waals surface area contributed by atoms with Gasteiger partial charge in [-0.15, -0.1) is 0 Å². The number of fused-ring (bicyclic) bond motifs is 1. The monoisotopic (exact) mass is 563 g/mol. The number of aliphatic carboxylic acids is 1. The molecular weight excluding hydrogens is 541 g/mol. The summed E-state index contributed by atoms with van der Waals surface area (Å²) in [6.07, 6.45) is 3.18. The molecule has 0 unspecified atom stereocenters. The van der Waals surface area contributed by atoms with E-state index in [1.165, 1.54) is 0 Å². The minimum absolute atomic E-state index is 0.250. The summed E-state index contributed by atoms with van der Waals surface area (Å²) < 4.78 is 17.6. The molecule has 1 aromatic heterocycles. The van der Waals surface area contributed by atoms with Crippen molar-refractivity contribution in [3.63, 3.8) is 0 Å². The highest BCUT2D eigenvalue weighted by atomic mass is 35.5. The van der Waals surface area contributed by atoms with E-state index in [2.05, 4.69) is 21.9 Å². The van der Waals surface area contributed by atoms with Crippen molar-refractivity contribution in [3.8, 4) is 22.8 Å². The zero-order chi connectivity index (χ0) is 27.5. The number of rotatable bonds is 9. The number of carbonyl (C=O) groups is 1. The highest BCUT2D eigenvalue weighted by Gasteiger charge is 2.33. The average Bonchev–Trinajstić information content (AvgIpc) is 3.67. The van der Waals surface area contributed by atoms with E-state index < -0.39 is 5.97 Å². The Morgan fingerprint density at radius 2 is 1.79 bits per heavy atom. The molecule has 0 spiro atoms. The summed E-state index contributed by atoms with van der Waals surface area (Å²) in [5, 5.41) is 16.2. The Hall–Kier alpha value is -4.14. The molecule has 8 nitrogen and oxygen atoms in total. The maximum absolute atomic E-state index is 11.0. The second-order valence-electron chi connectivity index (χ2n) is 8.93. The van der Waals surface area contributed by atoms with Crippen LogP contribution in [0.2, 0.25) is 10.0 Å². The van der Waals surface area contributed by atoms with Crippen molar-refractivity contribution in [2.45, 2.75) is 32.3 Å². The summed E-state index contributed by atoms with van der Waals surface area (Å²) >= 11 is 12.9. The van der Waals surface area contributed by atoms with Crippen molar-refractivity contribution in [1.82, 2.24) is 5.16 Å². The van der Waals surface area contributed by atoms with E-state index in [-0.39, 0.29) is 18.2 Å². The Balaban J connectivity index is 1.34. The first-order valence-electron chi connectivity index (χ1n) is 12.1. The lowest BCUT2D eigenvalue weighted by molar-refractivity contribution is -0.132. The molecule has 0 saturated heterocycles. The van der Waals surface area contributed by atoms with Crippen molar-refractivity contribution in [2.75, 3.05) is 0 Å². The van der Waals surface area contributed by atoms with E-state index in [0.29, 0.717) is 38.7 Å². The van der Waals surface area contributed by atoms with Crippen LogP contribution in [-0.4, -0.2) is 28.8 Å². The van der Waals surface area contributed by atoms with Crippen LogP contribution >= 0.6 is 23.2 Å². The summed E-state index contributed by atoms with van der Waals surface area (Å²) in [5.74, 6) is 1.40. The largest absolute Gasteiger partial charge is 0.489 e. The number of aliphatic imine (C=N–C) groups is 2. The van der Waals surface area contributed by atoms with E-state index in [9.17, 15) is 4.79 Å². The number of nitrogens with zero attached hydrogens (tertiary/aromatic N) is 3. The normalized spacial score (nSPS) is 13.9. The van der Waals surface area contributed by atoms with Gasteiger partial charge in [0.05, 0.1) is 21.8 Å². The molecular formula is C29H23Cl2N3O5. The Bertz CT molecular complexity index is 1620. The predicted octanol–water partition coefficient (Wildman–Crippen LogP) is 7.68. The van der Waals surface area contributed by atoms with Crippen molar-refractivity contribution in [3.05, 3.63) is 87.9 Å². The molecule has 0 amide bonds. The third-order valence-electron chi connectivity index (χ3n) is 6.16. The minimum Gasteiger partial charge on any atom is -0.489 e. The van der Waals surface area contributed by atoms with Gasteiger partial charge in [-0.3, -0.25) is 4.99 Å². The Morgan fingerprint density at radius 3 is 2.44 bits per heavy atom. The molecule has 1 N–H and O–H groups in total. The molecule has 39 heavy (non-hydrogen) atoms. The molecule has 198 valence electrons. The van der Waals surface area contributed by atoms with Gasteiger partial charge in [-0.2, -0.15) is 0 Å². The lowest BCUT2D eigenvalue weighted by Crippen LogP contribution is -2.03. The Labute approximate surface area is 234 Å². The fourth-order valence-electron chi connectivity index (χ4n) is 4.07. The minimum atomic E-state index is -1.22. The zero-order valence-corrected chi connectivity index (χ0v) is 22.4. The van der Waals surface area contributed by atoms with Crippen molar-refractivity contribution in [2.24, 2.45) is 9.98 Å². The zero-order valence-electron chi connectivity index (χ0n) is 20.9. The fourth-order valence-corrected chi connectivity index (χ4v) is 4.65. The van der Waals surface area contributed by atoms with Crippen molar-refractivity contribution in [1.29, 1.82) is 0 Å². The maximum atomic E-state index is 11.0. The number of ether oxygens (including phenoxy) is 2. The second kappa shape index (κ2) is 11.3. The molecule has 0 radical (unpaired) electrons. The van der Waals surface area contributed by atoms with Crippen LogP contribution < -0.4 is 9.47 Å². The highest BCUT2D eigenvalue weighted by molar-refractivity contribution is 6.39. The first-order chi connectivity index (χ1) is 18.8. The van der Waals surface area contributed by atoms with Gasteiger partial charge >= 0.3 is 5.97 Å². The number of aromatic nitrogens is 1. The molecule has 0 atom stereocenters. The molecule has 0 aliphatic heterocycles. The van der Waals surface area contributed by atoms with Crippen LogP contribution in [-0.2, 0) is 11.4 Å². The van der Waals surface area contributed by atoms with Gasteiger partial charge in [0, 0.05) is 18.4 Å². The fraction of sp³-hybridized carbons (Fsp3) is 0.172. The van der Waals surface area contributed by atoms with Gasteiger partial charge < -0.3 is 19.1 Å². The van der Waals surface area contributed by atoms with Crippen LogP contribution in [0.25, 0.3) is 22.0 Å². The van der Waals surface area contributed by atoms with E-state index in [0.717, 1.165) is 41.1 Å². The maximum Gasteiger partial charge on any atom is 0.356 e. The number of hydrogen-bond acceptors (Lipinski definition) is 7. The number of carboxylic acid groups (broad SMARTS) is 1. The van der Waals surface area contributed by atoms with Gasteiger partial charge in [-0.25, -0.2) is 9.79 Å². The van der Waals surface area contributed by atoms with Crippen LogP contribution in [0.3, 0.4) is 0 Å². The third-order valence-corrected chi connectivity index (χ3v) is 6.79. The SMILES string of the molecule is C=N/C(=C\N=C(/C)Oc1ccc2cc(OCc3c(-c4c(Cl)cccc4Cl)noc3C3CC3)ccc2c1)C(=O)O. The predicted molar refractivity (Wildman–Crippen MR) is 151 cm³/mol. The van der Waals surface area contributed by atoms with E-state index in [1.54, 1.807) is 31.2 Å². The van der Waals surface area contributed by atoms with Gasteiger partial charge in [0.2, 0.25) is 0 Å². The molecule has 1 aliphatic carbocycles. The van der Waals surface area contributed by atoms with Crippen molar-refractivity contribution < 1.29 is 23.9 Å². The molecule has 0 bridgehead atoms.